The van der Waals surface area contributed by atoms with Gasteiger partial charge in [-0.05, 0) is 61.7 Å². The summed E-state index contributed by atoms with van der Waals surface area (Å²) in [6, 6.07) is 8.24. The molecule has 2 heterocycles. The van der Waals surface area contributed by atoms with Crippen LogP contribution in [0.5, 0.6) is 5.75 Å². The Labute approximate surface area is 190 Å². The van der Waals surface area contributed by atoms with Gasteiger partial charge in [0.25, 0.3) is 0 Å². The molecule has 2 aromatic rings. The number of benzene rings is 1. The first-order chi connectivity index (χ1) is 14.7. The summed E-state index contributed by atoms with van der Waals surface area (Å²) >= 11 is 1.76. The number of ether oxygens (including phenoxy) is 1. The SMILES string of the molecule is Cc1ccc(OC[C@H]2c3ccsc3CCN2C(=O)CN(CC(C)C)C[C@@H](C)O)c(C)c1. The zero-order valence-electron chi connectivity index (χ0n) is 19.4. The van der Waals surface area contributed by atoms with Crippen molar-refractivity contribution in [3.8, 4) is 5.75 Å². The van der Waals surface area contributed by atoms with Crippen LogP contribution in [0.3, 0.4) is 0 Å². The number of hydrogen-bond donors (Lipinski definition) is 1. The fraction of sp³-hybridized carbons (Fsp3) is 0.560. The summed E-state index contributed by atoms with van der Waals surface area (Å²) in [6.07, 6.45) is 0.430. The summed E-state index contributed by atoms with van der Waals surface area (Å²) in [4.78, 5) is 18.8. The second kappa shape index (κ2) is 10.6. The zero-order valence-corrected chi connectivity index (χ0v) is 20.2. The Morgan fingerprint density at radius 1 is 1.26 bits per heavy atom. The Balaban J connectivity index is 1.76. The van der Waals surface area contributed by atoms with Crippen molar-refractivity contribution in [1.29, 1.82) is 0 Å². The summed E-state index contributed by atoms with van der Waals surface area (Å²) in [5.41, 5.74) is 3.53. The molecule has 1 N–H and O–H groups in total. The Hall–Kier alpha value is -1.89. The van der Waals surface area contributed by atoms with Gasteiger partial charge in [0.05, 0.1) is 18.7 Å². The van der Waals surface area contributed by atoms with Gasteiger partial charge in [0.15, 0.2) is 0 Å². The predicted molar refractivity (Wildman–Crippen MR) is 127 cm³/mol. The summed E-state index contributed by atoms with van der Waals surface area (Å²) in [7, 11) is 0. The van der Waals surface area contributed by atoms with Crippen molar-refractivity contribution >= 4 is 17.2 Å². The number of nitrogens with zero attached hydrogens (tertiary/aromatic N) is 2. The van der Waals surface area contributed by atoms with Crippen molar-refractivity contribution in [2.75, 3.05) is 32.8 Å². The highest BCUT2D eigenvalue weighted by molar-refractivity contribution is 7.10. The number of aliphatic hydroxyl groups excluding tert-OH is 1. The molecule has 6 heteroatoms. The van der Waals surface area contributed by atoms with Crippen LogP contribution in [-0.2, 0) is 11.2 Å². The van der Waals surface area contributed by atoms with Gasteiger partial charge in [-0.1, -0.05) is 31.5 Å². The van der Waals surface area contributed by atoms with Gasteiger partial charge in [0, 0.05) is 24.5 Å². The van der Waals surface area contributed by atoms with Gasteiger partial charge in [-0.15, -0.1) is 11.3 Å². The van der Waals surface area contributed by atoms with Gasteiger partial charge in [-0.2, -0.15) is 0 Å². The minimum Gasteiger partial charge on any atom is -0.491 e. The van der Waals surface area contributed by atoms with E-state index in [0.29, 0.717) is 32.2 Å². The molecule has 1 aromatic carbocycles. The number of fused-ring (bicyclic) bond motifs is 1. The van der Waals surface area contributed by atoms with E-state index in [2.05, 4.69) is 56.2 Å². The monoisotopic (exact) mass is 444 g/mol. The topological polar surface area (TPSA) is 53.0 Å². The lowest BCUT2D eigenvalue weighted by Crippen LogP contribution is -2.48. The molecule has 2 atom stereocenters. The van der Waals surface area contributed by atoms with Crippen LogP contribution in [0.4, 0.5) is 0 Å². The van der Waals surface area contributed by atoms with Crippen LogP contribution < -0.4 is 4.74 Å². The second-order valence-electron chi connectivity index (χ2n) is 9.17. The van der Waals surface area contributed by atoms with E-state index >= 15 is 0 Å². The molecule has 0 unspecified atom stereocenters. The van der Waals surface area contributed by atoms with Crippen LogP contribution in [0.1, 0.15) is 48.4 Å². The lowest BCUT2D eigenvalue weighted by molar-refractivity contribution is -0.136. The van der Waals surface area contributed by atoms with Crippen LogP contribution in [0.25, 0.3) is 0 Å². The van der Waals surface area contributed by atoms with Crippen molar-refractivity contribution in [3.63, 3.8) is 0 Å². The molecule has 0 radical (unpaired) electrons. The summed E-state index contributed by atoms with van der Waals surface area (Å²) in [6.45, 7) is 12.9. The average molecular weight is 445 g/mol. The second-order valence-corrected chi connectivity index (χ2v) is 10.2. The van der Waals surface area contributed by atoms with Crippen LogP contribution in [-0.4, -0.2) is 59.7 Å². The number of amides is 1. The first-order valence-corrected chi connectivity index (χ1v) is 12.1. The molecule has 0 spiro atoms. The van der Waals surface area contributed by atoms with Crippen molar-refractivity contribution in [2.45, 2.75) is 53.2 Å². The molecule has 1 aromatic heterocycles. The molecule has 1 aliphatic rings. The number of carbonyl (C=O) groups excluding carboxylic acids is 1. The van der Waals surface area contributed by atoms with Crippen LogP contribution in [0.2, 0.25) is 0 Å². The minimum absolute atomic E-state index is 0.0874. The molecule has 1 amide bonds. The van der Waals surface area contributed by atoms with Crippen molar-refractivity contribution in [2.24, 2.45) is 5.92 Å². The normalized spacial score (nSPS) is 17.2. The smallest absolute Gasteiger partial charge is 0.237 e. The molecule has 0 fully saturated rings. The maximum atomic E-state index is 13.4. The first kappa shape index (κ1) is 23.8. The quantitative estimate of drug-likeness (QED) is 0.630. The average Bonchev–Trinajstić information content (AvgIpc) is 3.15. The van der Waals surface area contributed by atoms with Crippen molar-refractivity contribution in [3.05, 3.63) is 51.2 Å². The maximum Gasteiger partial charge on any atom is 0.237 e. The highest BCUT2D eigenvalue weighted by Gasteiger charge is 2.33. The van der Waals surface area contributed by atoms with Crippen LogP contribution in [0, 0.1) is 19.8 Å². The summed E-state index contributed by atoms with van der Waals surface area (Å²) in [5.74, 6) is 1.41. The fourth-order valence-electron chi connectivity index (χ4n) is 4.38. The molecule has 0 bridgehead atoms. The Morgan fingerprint density at radius 2 is 2.03 bits per heavy atom. The van der Waals surface area contributed by atoms with E-state index in [1.165, 1.54) is 16.0 Å². The Kier molecular flexibility index (Phi) is 8.14. The summed E-state index contributed by atoms with van der Waals surface area (Å²) in [5, 5.41) is 12.0. The number of rotatable bonds is 9. The molecule has 0 saturated heterocycles. The minimum atomic E-state index is -0.458. The molecule has 170 valence electrons. The molecular formula is C25H36N2O3S. The van der Waals surface area contributed by atoms with E-state index in [0.717, 1.165) is 24.3 Å². The van der Waals surface area contributed by atoms with Gasteiger partial charge in [-0.25, -0.2) is 0 Å². The van der Waals surface area contributed by atoms with E-state index in [-0.39, 0.29) is 11.9 Å². The number of thiophene rings is 1. The van der Waals surface area contributed by atoms with Gasteiger partial charge in [-0.3, -0.25) is 9.69 Å². The van der Waals surface area contributed by atoms with Crippen molar-refractivity contribution < 1.29 is 14.6 Å². The number of hydrogen-bond acceptors (Lipinski definition) is 5. The Morgan fingerprint density at radius 3 is 2.71 bits per heavy atom. The third kappa shape index (κ3) is 6.31. The van der Waals surface area contributed by atoms with Crippen LogP contribution in [0.15, 0.2) is 29.6 Å². The van der Waals surface area contributed by atoms with Gasteiger partial charge in [0.2, 0.25) is 5.91 Å². The number of aryl methyl sites for hydroxylation is 2. The number of aliphatic hydroxyl groups is 1. The zero-order chi connectivity index (χ0) is 22.5. The van der Waals surface area contributed by atoms with Gasteiger partial charge in [0.1, 0.15) is 12.4 Å². The van der Waals surface area contributed by atoms with E-state index in [1.54, 1.807) is 18.3 Å². The third-order valence-corrected chi connectivity index (χ3v) is 6.64. The van der Waals surface area contributed by atoms with E-state index in [1.807, 2.05) is 11.0 Å². The molecule has 0 aliphatic carbocycles. The predicted octanol–water partition coefficient (Wildman–Crippen LogP) is 4.21. The fourth-order valence-corrected chi connectivity index (χ4v) is 5.31. The standard InChI is InChI=1S/C25H36N2O3S/c1-17(2)13-26(14-20(5)28)15-25(29)27-10-8-24-21(9-11-31-24)22(27)16-30-23-7-6-18(3)12-19(23)4/h6-7,9,11-12,17,20,22,28H,8,10,13-16H2,1-5H3/t20-,22+/m1/s1. The molecule has 1 aliphatic heterocycles. The highest BCUT2D eigenvalue weighted by Crippen LogP contribution is 2.34. The largest absolute Gasteiger partial charge is 0.491 e. The van der Waals surface area contributed by atoms with Crippen LogP contribution >= 0.6 is 11.3 Å². The number of carbonyl (C=O) groups is 1. The molecule has 5 nitrogen and oxygen atoms in total. The lowest BCUT2D eigenvalue weighted by Gasteiger charge is -2.37. The lowest BCUT2D eigenvalue weighted by atomic mass is 10.00. The third-order valence-electron chi connectivity index (χ3n) is 5.65. The van der Waals surface area contributed by atoms with Gasteiger partial charge >= 0.3 is 0 Å². The first-order valence-electron chi connectivity index (χ1n) is 11.2. The van der Waals surface area contributed by atoms with E-state index in [9.17, 15) is 9.90 Å². The maximum absolute atomic E-state index is 13.4. The highest BCUT2D eigenvalue weighted by atomic mass is 32.1. The summed E-state index contributed by atoms with van der Waals surface area (Å²) < 4.78 is 6.23. The molecule has 31 heavy (non-hydrogen) atoms. The van der Waals surface area contributed by atoms with Gasteiger partial charge < -0.3 is 14.7 Å². The molecule has 0 saturated carbocycles. The molecule has 3 rings (SSSR count). The Bertz CT molecular complexity index is 867. The van der Waals surface area contributed by atoms with E-state index < -0.39 is 6.10 Å². The van der Waals surface area contributed by atoms with E-state index in [4.69, 9.17) is 4.74 Å². The van der Waals surface area contributed by atoms with Crippen molar-refractivity contribution in [1.82, 2.24) is 9.80 Å². The molecular weight excluding hydrogens is 408 g/mol.